The van der Waals surface area contributed by atoms with Crippen LogP contribution in [0.25, 0.3) is 0 Å². The monoisotopic (exact) mass is 277 g/mol. The molecule has 0 aromatic heterocycles. The van der Waals surface area contributed by atoms with Crippen LogP contribution in [0.3, 0.4) is 0 Å². The minimum absolute atomic E-state index is 0.303. The van der Waals surface area contributed by atoms with Crippen molar-refractivity contribution in [2.45, 2.75) is 13.0 Å². The zero-order valence-corrected chi connectivity index (χ0v) is 9.08. The lowest BCUT2D eigenvalue weighted by Crippen LogP contribution is -2.15. The Bertz CT molecular complexity index is 250. The summed E-state index contributed by atoms with van der Waals surface area (Å²) in [6.45, 7) is 2.36. The number of benzene rings is 1. The van der Waals surface area contributed by atoms with E-state index in [0.717, 1.165) is 5.69 Å². The van der Waals surface area contributed by atoms with Gasteiger partial charge in [0.1, 0.15) is 0 Å². The predicted molar refractivity (Wildman–Crippen MR) is 59.3 cm³/mol. The Hall–Kier alpha value is -0.290. The molecule has 12 heavy (non-hydrogen) atoms. The van der Waals surface area contributed by atoms with Gasteiger partial charge in [0, 0.05) is 15.8 Å². The summed E-state index contributed by atoms with van der Waals surface area (Å²) in [7, 11) is 0. The molecule has 1 aromatic carbocycles. The van der Waals surface area contributed by atoms with Gasteiger partial charge in [-0.1, -0.05) is 6.07 Å². The summed E-state index contributed by atoms with van der Waals surface area (Å²) in [5, 5.41) is 12.1. The Balaban J connectivity index is 2.52. The molecule has 0 aliphatic heterocycles. The van der Waals surface area contributed by atoms with Crippen molar-refractivity contribution < 1.29 is 5.11 Å². The van der Waals surface area contributed by atoms with Gasteiger partial charge in [0.15, 0.2) is 0 Å². The molecule has 3 heteroatoms. The van der Waals surface area contributed by atoms with Crippen molar-refractivity contribution in [1.82, 2.24) is 0 Å². The Morgan fingerprint density at radius 1 is 1.58 bits per heavy atom. The fourth-order valence-corrected chi connectivity index (χ4v) is 1.41. The van der Waals surface area contributed by atoms with Gasteiger partial charge in [-0.25, -0.2) is 0 Å². The molecule has 2 nitrogen and oxygen atoms in total. The van der Waals surface area contributed by atoms with Gasteiger partial charge in [0.05, 0.1) is 6.10 Å². The highest BCUT2D eigenvalue weighted by Crippen LogP contribution is 2.11. The molecule has 0 amide bonds. The van der Waals surface area contributed by atoms with Crippen molar-refractivity contribution in [2.24, 2.45) is 0 Å². The Labute approximate surface area is 86.1 Å². The molecular weight excluding hydrogens is 265 g/mol. The maximum atomic E-state index is 9.02. The lowest BCUT2D eigenvalue weighted by atomic mass is 10.3. The fraction of sp³-hybridized carbons (Fsp3) is 0.333. The van der Waals surface area contributed by atoms with E-state index in [2.05, 4.69) is 27.9 Å². The van der Waals surface area contributed by atoms with E-state index in [1.807, 2.05) is 24.3 Å². The summed E-state index contributed by atoms with van der Waals surface area (Å²) in [6.07, 6.45) is -0.303. The van der Waals surface area contributed by atoms with Crippen LogP contribution in [0.1, 0.15) is 6.92 Å². The number of nitrogens with one attached hydrogen (secondary N) is 1. The summed E-state index contributed by atoms with van der Waals surface area (Å²) in [6, 6.07) is 8.06. The smallest absolute Gasteiger partial charge is 0.0684 e. The fourth-order valence-electron chi connectivity index (χ4n) is 0.864. The SMILES string of the molecule is C[C@@H](O)CNc1cccc(I)c1. The van der Waals surface area contributed by atoms with Crippen LogP contribution < -0.4 is 5.32 Å². The Morgan fingerprint density at radius 3 is 2.92 bits per heavy atom. The Morgan fingerprint density at radius 2 is 2.33 bits per heavy atom. The molecular formula is C9H12INO. The first-order chi connectivity index (χ1) is 5.68. The third-order valence-electron chi connectivity index (χ3n) is 1.43. The minimum Gasteiger partial charge on any atom is -0.392 e. The highest BCUT2D eigenvalue weighted by Gasteiger charge is 1.95. The third-order valence-corrected chi connectivity index (χ3v) is 2.10. The Kier molecular flexibility index (Phi) is 3.81. The first-order valence-corrected chi connectivity index (χ1v) is 4.94. The van der Waals surface area contributed by atoms with Gasteiger partial charge in [-0.15, -0.1) is 0 Å². The third kappa shape index (κ3) is 3.40. The van der Waals surface area contributed by atoms with E-state index in [4.69, 9.17) is 5.11 Å². The zero-order valence-electron chi connectivity index (χ0n) is 6.92. The molecule has 1 rings (SSSR count). The molecule has 0 saturated carbocycles. The van der Waals surface area contributed by atoms with E-state index in [9.17, 15) is 0 Å². The molecule has 0 unspecified atom stereocenters. The molecule has 0 heterocycles. The van der Waals surface area contributed by atoms with Crippen molar-refractivity contribution in [1.29, 1.82) is 0 Å². The van der Waals surface area contributed by atoms with E-state index in [-0.39, 0.29) is 6.10 Å². The summed E-state index contributed by atoms with van der Waals surface area (Å²) in [5.74, 6) is 0. The molecule has 0 saturated heterocycles. The lowest BCUT2D eigenvalue weighted by Gasteiger charge is -2.07. The van der Waals surface area contributed by atoms with E-state index in [1.54, 1.807) is 6.92 Å². The summed E-state index contributed by atoms with van der Waals surface area (Å²) >= 11 is 2.26. The normalized spacial score (nSPS) is 12.6. The average Bonchev–Trinajstić information content (AvgIpc) is 2.01. The molecule has 0 fully saturated rings. The van der Waals surface area contributed by atoms with Crippen molar-refractivity contribution in [3.63, 3.8) is 0 Å². The highest BCUT2D eigenvalue weighted by molar-refractivity contribution is 14.1. The highest BCUT2D eigenvalue weighted by atomic mass is 127. The molecule has 2 N–H and O–H groups in total. The van der Waals surface area contributed by atoms with Gasteiger partial charge in [-0.05, 0) is 47.7 Å². The van der Waals surface area contributed by atoms with Gasteiger partial charge < -0.3 is 10.4 Å². The van der Waals surface area contributed by atoms with E-state index in [0.29, 0.717) is 6.54 Å². The number of hydrogen-bond acceptors (Lipinski definition) is 2. The summed E-state index contributed by atoms with van der Waals surface area (Å²) in [4.78, 5) is 0. The van der Waals surface area contributed by atoms with Crippen LogP contribution in [-0.2, 0) is 0 Å². The molecule has 1 aromatic rings. The number of anilines is 1. The summed E-state index contributed by atoms with van der Waals surface area (Å²) in [5.41, 5.74) is 1.06. The number of hydrogen-bond donors (Lipinski definition) is 2. The molecule has 66 valence electrons. The van der Waals surface area contributed by atoms with Crippen LogP contribution >= 0.6 is 22.6 Å². The predicted octanol–water partition coefficient (Wildman–Crippen LogP) is 2.08. The first kappa shape index (κ1) is 9.80. The zero-order chi connectivity index (χ0) is 8.97. The molecule has 0 radical (unpaired) electrons. The number of rotatable bonds is 3. The van der Waals surface area contributed by atoms with Crippen molar-refractivity contribution in [2.75, 3.05) is 11.9 Å². The van der Waals surface area contributed by atoms with Crippen molar-refractivity contribution in [3.05, 3.63) is 27.8 Å². The number of aliphatic hydroxyl groups is 1. The van der Waals surface area contributed by atoms with Gasteiger partial charge in [-0.2, -0.15) is 0 Å². The van der Waals surface area contributed by atoms with Crippen molar-refractivity contribution in [3.8, 4) is 0 Å². The molecule has 0 spiro atoms. The van der Waals surface area contributed by atoms with Crippen LogP contribution in [0.2, 0.25) is 0 Å². The van der Waals surface area contributed by atoms with Crippen LogP contribution in [0.5, 0.6) is 0 Å². The topological polar surface area (TPSA) is 32.3 Å². The van der Waals surface area contributed by atoms with Crippen LogP contribution in [0.15, 0.2) is 24.3 Å². The second-order valence-corrected chi connectivity index (χ2v) is 3.99. The van der Waals surface area contributed by atoms with Crippen LogP contribution in [0.4, 0.5) is 5.69 Å². The van der Waals surface area contributed by atoms with E-state index in [1.165, 1.54) is 3.57 Å². The standard InChI is InChI=1S/C9H12INO/c1-7(12)6-11-9-4-2-3-8(10)5-9/h2-5,7,11-12H,6H2,1H3/t7-/m1/s1. The van der Waals surface area contributed by atoms with Crippen molar-refractivity contribution >= 4 is 28.3 Å². The van der Waals surface area contributed by atoms with Gasteiger partial charge in [0.25, 0.3) is 0 Å². The quantitative estimate of drug-likeness (QED) is 0.829. The molecule has 0 aliphatic carbocycles. The number of halogens is 1. The largest absolute Gasteiger partial charge is 0.392 e. The first-order valence-electron chi connectivity index (χ1n) is 3.86. The molecule has 1 atom stereocenters. The van der Waals surface area contributed by atoms with Gasteiger partial charge in [-0.3, -0.25) is 0 Å². The number of aliphatic hydroxyl groups excluding tert-OH is 1. The maximum Gasteiger partial charge on any atom is 0.0684 e. The summed E-state index contributed by atoms with van der Waals surface area (Å²) < 4.78 is 1.20. The average molecular weight is 277 g/mol. The maximum absolute atomic E-state index is 9.02. The van der Waals surface area contributed by atoms with Gasteiger partial charge >= 0.3 is 0 Å². The minimum atomic E-state index is -0.303. The molecule has 0 bridgehead atoms. The van der Waals surface area contributed by atoms with Crippen LogP contribution in [0, 0.1) is 3.57 Å². The van der Waals surface area contributed by atoms with E-state index < -0.39 is 0 Å². The second kappa shape index (κ2) is 4.67. The van der Waals surface area contributed by atoms with Crippen LogP contribution in [-0.4, -0.2) is 17.8 Å². The lowest BCUT2D eigenvalue weighted by molar-refractivity contribution is 0.208. The second-order valence-electron chi connectivity index (χ2n) is 2.74. The van der Waals surface area contributed by atoms with E-state index >= 15 is 0 Å². The molecule has 0 aliphatic rings. The van der Waals surface area contributed by atoms with Gasteiger partial charge in [0.2, 0.25) is 0 Å².